The summed E-state index contributed by atoms with van der Waals surface area (Å²) in [4.78, 5) is 32.7. The van der Waals surface area contributed by atoms with Gasteiger partial charge in [-0.1, -0.05) is 0 Å². The van der Waals surface area contributed by atoms with Gasteiger partial charge < -0.3 is 18.1 Å². The van der Waals surface area contributed by atoms with Gasteiger partial charge in [-0.3, -0.25) is 20.2 Å². The van der Waals surface area contributed by atoms with Gasteiger partial charge in [0.05, 0.1) is 38.0 Å². The van der Waals surface area contributed by atoms with Crippen molar-refractivity contribution in [3.8, 4) is 0 Å². The molecule has 4 heterocycles. The topological polar surface area (TPSA) is 154 Å². The number of carbonyl (C=O) groups is 1. The highest BCUT2D eigenvalue weighted by Crippen LogP contribution is 2.28. The molecule has 13 nitrogen and oxygen atoms in total. The smallest absolute Gasteiger partial charge is 0.433 e. The van der Waals surface area contributed by atoms with E-state index in [4.69, 9.17) is 13.6 Å². The van der Waals surface area contributed by atoms with Crippen LogP contribution in [0.15, 0.2) is 38.2 Å². The molecular weight excluding hydrogens is 426 g/mol. The summed E-state index contributed by atoms with van der Waals surface area (Å²) >= 11 is 0. The fourth-order valence-electron chi connectivity index (χ4n) is 4.23. The molecule has 0 saturated carbocycles. The molecule has 1 unspecified atom stereocenters. The summed E-state index contributed by atoms with van der Waals surface area (Å²) in [6, 6.07) is 5.56. The molecule has 170 valence electrons. The monoisotopic (exact) mass is 448 g/mol. The number of ether oxygens (including phenoxy) is 1. The first kappa shape index (κ1) is 21.5. The van der Waals surface area contributed by atoms with Crippen LogP contribution in [0.2, 0.25) is 0 Å². The normalized spacial score (nSPS) is 20.6. The predicted molar refractivity (Wildman–Crippen MR) is 108 cm³/mol. The van der Waals surface area contributed by atoms with Crippen molar-refractivity contribution in [2.45, 2.75) is 31.9 Å². The molecule has 0 aromatic carbocycles. The number of furan rings is 2. The Morgan fingerprint density at radius 1 is 1.06 bits per heavy atom. The van der Waals surface area contributed by atoms with Gasteiger partial charge in [-0.05, 0) is 31.4 Å². The molecule has 0 bridgehead atoms. The molecule has 2 aromatic rings. The third kappa shape index (κ3) is 4.77. The van der Waals surface area contributed by atoms with E-state index in [0.29, 0.717) is 23.3 Å². The molecule has 0 N–H and O–H groups in total. The Bertz CT molecular complexity index is 1040. The highest BCUT2D eigenvalue weighted by molar-refractivity contribution is 5.78. The van der Waals surface area contributed by atoms with Crippen molar-refractivity contribution < 1.29 is 32.7 Å². The molecule has 2 aliphatic heterocycles. The van der Waals surface area contributed by atoms with Crippen LogP contribution in [-0.4, -0.2) is 63.9 Å². The summed E-state index contributed by atoms with van der Waals surface area (Å²) in [5.41, 5.74) is 0. The van der Waals surface area contributed by atoms with Crippen LogP contribution in [0.1, 0.15) is 30.8 Å². The summed E-state index contributed by atoms with van der Waals surface area (Å²) in [5, 5.41) is 26.8. The van der Waals surface area contributed by atoms with Gasteiger partial charge in [0.2, 0.25) is 0 Å². The van der Waals surface area contributed by atoms with Crippen molar-refractivity contribution in [2.24, 2.45) is 5.10 Å². The zero-order valence-electron chi connectivity index (χ0n) is 17.1. The lowest BCUT2D eigenvalue weighted by Crippen LogP contribution is -2.54. The fraction of sp³-hybridized carbons (Fsp3) is 0.474. The lowest BCUT2D eigenvalue weighted by molar-refractivity contribution is -0.948. The van der Waals surface area contributed by atoms with Crippen molar-refractivity contribution in [3.05, 3.63) is 56.0 Å². The van der Waals surface area contributed by atoms with Gasteiger partial charge in [0.15, 0.2) is 17.6 Å². The highest BCUT2D eigenvalue weighted by Gasteiger charge is 2.41. The molecular formula is C19H22N5O8+. The summed E-state index contributed by atoms with van der Waals surface area (Å²) in [7, 11) is 0. The zero-order chi connectivity index (χ0) is 22.7. The third-order valence-electron chi connectivity index (χ3n) is 5.65. The van der Waals surface area contributed by atoms with Crippen molar-refractivity contribution in [2.75, 3.05) is 26.2 Å². The largest absolute Gasteiger partial charge is 0.437 e. The number of nitrogens with zero attached hydrogens (tertiary/aromatic N) is 5. The molecule has 2 fully saturated rings. The Labute approximate surface area is 181 Å². The van der Waals surface area contributed by atoms with Crippen LogP contribution in [0.5, 0.6) is 0 Å². The number of nitro groups is 2. The van der Waals surface area contributed by atoms with Crippen molar-refractivity contribution in [1.82, 2.24) is 5.01 Å². The van der Waals surface area contributed by atoms with E-state index < -0.39 is 27.9 Å². The van der Waals surface area contributed by atoms with Gasteiger partial charge in [-0.25, -0.2) is 4.79 Å². The number of hydrogen-bond acceptors (Lipinski definition) is 9. The molecule has 0 spiro atoms. The van der Waals surface area contributed by atoms with Gasteiger partial charge in [-0.15, -0.1) is 0 Å². The number of amides is 1. The van der Waals surface area contributed by atoms with Crippen LogP contribution in [0, 0.1) is 20.2 Å². The van der Waals surface area contributed by atoms with Crippen molar-refractivity contribution in [1.29, 1.82) is 0 Å². The minimum atomic E-state index is -0.660. The number of carbonyl (C=O) groups excluding carboxylic acids is 1. The number of likely N-dealkylation sites (tertiary alicyclic amines) is 1. The SMILES string of the molecule is O=C1OC(C[N+]2(Cc3ccc([N+](=O)[O-])o3)CCCCC2)CN1N=Cc1ccc([N+](=O)[O-])o1. The number of hydrogen-bond donors (Lipinski definition) is 0. The second-order valence-electron chi connectivity index (χ2n) is 7.95. The van der Waals surface area contributed by atoms with E-state index in [-0.39, 0.29) is 18.2 Å². The molecule has 1 atom stereocenters. The zero-order valence-corrected chi connectivity index (χ0v) is 17.1. The van der Waals surface area contributed by atoms with Gasteiger partial charge >= 0.3 is 17.9 Å². The van der Waals surface area contributed by atoms with Crippen LogP contribution < -0.4 is 0 Å². The number of piperidine rings is 1. The molecule has 2 aliphatic rings. The Morgan fingerprint density at radius 3 is 2.41 bits per heavy atom. The van der Waals surface area contributed by atoms with Crippen LogP contribution >= 0.6 is 0 Å². The molecule has 0 radical (unpaired) electrons. The van der Waals surface area contributed by atoms with Crippen LogP contribution in [0.3, 0.4) is 0 Å². The standard InChI is InChI=1S/C19H22N5O8/c25-19-21(20-10-14-4-6-17(30-14)22(26)27)11-16(32-19)13-24(8-2-1-3-9-24)12-15-5-7-18(31-15)23(28)29/h4-7,10,16H,1-3,8-9,11-13H2/q+1. The van der Waals surface area contributed by atoms with E-state index in [1.165, 1.54) is 24.4 Å². The number of rotatable bonds is 8. The molecule has 13 heteroatoms. The summed E-state index contributed by atoms with van der Waals surface area (Å²) in [6.07, 6.45) is 3.30. The van der Waals surface area contributed by atoms with Crippen molar-refractivity contribution in [3.63, 3.8) is 0 Å². The Kier molecular flexibility index (Phi) is 5.90. The second-order valence-corrected chi connectivity index (χ2v) is 7.95. The number of quaternary nitrogens is 1. The van der Waals surface area contributed by atoms with Gasteiger partial charge in [-0.2, -0.15) is 10.1 Å². The summed E-state index contributed by atoms with van der Waals surface area (Å²) < 4.78 is 16.5. The van der Waals surface area contributed by atoms with Crippen molar-refractivity contribution >= 4 is 24.1 Å². The first-order valence-corrected chi connectivity index (χ1v) is 10.2. The third-order valence-corrected chi connectivity index (χ3v) is 5.65. The van der Waals surface area contributed by atoms with E-state index in [1.807, 2.05) is 0 Å². The van der Waals surface area contributed by atoms with Crippen LogP contribution in [0.4, 0.5) is 16.6 Å². The van der Waals surface area contributed by atoms with E-state index in [9.17, 15) is 25.0 Å². The molecule has 1 amide bonds. The Morgan fingerprint density at radius 2 is 1.75 bits per heavy atom. The van der Waals surface area contributed by atoms with E-state index in [2.05, 4.69) is 5.10 Å². The minimum absolute atomic E-state index is 0.145. The highest BCUT2D eigenvalue weighted by atomic mass is 16.7. The lowest BCUT2D eigenvalue weighted by Gasteiger charge is -2.41. The predicted octanol–water partition coefficient (Wildman–Crippen LogP) is 3.04. The average molecular weight is 448 g/mol. The van der Waals surface area contributed by atoms with Gasteiger partial charge in [0, 0.05) is 0 Å². The summed E-state index contributed by atoms with van der Waals surface area (Å²) in [5.74, 6) is -0.0340. The first-order chi connectivity index (χ1) is 15.3. The van der Waals surface area contributed by atoms with E-state index >= 15 is 0 Å². The quantitative estimate of drug-likeness (QED) is 0.258. The van der Waals surface area contributed by atoms with E-state index in [0.717, 1.165) is 37.4 Å². The summed E-state index contributed by atoms with van der Waals surface area (Å²) in [6.45, 7) is 2.92. The molecule has 2 aromatic heterocycles. The lowest BCUT2D eigenvalue weighted by atomic mass is 10.1. The molecule has 4 rings (SSSR count). The number of cyclic esters (lactones) is 1. The average Bonchev–Trinajstić information content (AvgIpc) is 3.47. The van der Waals surface area contributed by atoms with Crippen LogP contribution in [0.25, 0.3) is 0 Å². The maximum atomic E-state index is 12.3. The fourth-order valence-corrected chi connectivity index (χ4v) is 4.23. The maximum Gasteiger partial charge on any atom is 0.433 e. The maximum absolute atomic E-state index is 12.3. The second kappa shape index (κ2) is 8.78. The Balaban J connectivity index is 1.42. The molecule has 2 saturated heterocycles. The van der Waals surface area contributed by atoms with E-state index in [1.54, 1.807) is 6.07 Å². The number of hydrazone groups is 1. The van der Waals surface area contributed by atoms with Crippen LogP contribution in [-0.2, 0) is 11.3 Å². The first-order valence-electron chi connectivity index (χ1n) is 10.2. The minimum Gasteiger partial charge on any atom is -0.437 e. The molecule has 0 aliphatic carbocycles. The molecule has 32 heavy (non-hydrogen) atoms. The van der Waals surface area contributed by atoms with Gasteiger partial charge in [0.25, 0.3) is 0 Å². The van der Waals surface area contributed by atoms with Gasteiger partial charge in [0.1, 0.15) is 22.9 Å². The Hall–Kier alpha value is -3.74.